The van der Waals surface area contributed by atoms with Crippen molar-refractivity contribution in [3.05, 3.63) is 41.6 Å². The highest BCUT2D eigenvalue weighted by atomic mass is 16.5. The Labute approximate surface area is 125 Å². The third-order valence-corrected chi connectivity index (χ3v) is 6.17. The zero-order chi connectivity index (χ0) is 14.8. The number of para-hydroxylation sites is 1. The highest BCUT2D eigenvalue weighted by molar-refractivity contribution is 5.53. The van der Waals surface area contributed by atoms with E-state index in [1.807, 2.05) is 22.9 Å². The average Bonchev–Trinajstić information content (AvgIpc) is 3.02. The molecular formula is C18H22N2O. The molecule has 2 aliphatic carbocycles. The molecule has 4 rings (SSSR count). The van der Waals surface area contributed by atoms with Gasteiger partial charge in [0.05, 0.1) is 18.5 Å². The number of aromatic nitrogens is 2. The molecule has 0 amide bonds. The van der Waals surface area contributed by atoms with Crippen LogP contribution in [0, 0.1) is 5.41 Å². The van der Waals surface area contributed by atoms with Crippen molar-refractivity contribution in [3.8, 4) is 11.6 Å². The maximum absolute atomic E-state index is 5.77. The molecule has 2 bridgehead atoms. The SMILES string of the molecule is COc1c2c(nn1-c1ccccc1)[C@@]1(C)CC[C@@H]2C1(C)C. The Morgan fingerprint density at radius 3 is 2.57 bits per heavy atom. The Morgan fingerprint density at radius 1 is 1.19 bits per heavy atom. The van der Waals surface area contributed by atoms with Crippen LogP contribution in [0.15, 0.2) is 30.3 Å². The molecule has 3 heteroatoms. The number of hydrogen-bond donors (Lipinski definition) is 0. The van der Waals surface area contributed by atoms with Crippen LogP contribution in [0.1, 0.15) is 50.8 Å². The molecule has 2 aliphatic rings. The van der Waals surface area contributed by atoms with E-state index < -0.39 is 0 Å². The Bertz CT molecular complexity index is 702. The smallest absolute Gasteiger partial charge is 0.220 e. The summed E-state index contributed by atoms with van der Waals surface area (Å²) >= 11 is 0. The number of fused-ring (bicyclic) bond motifs is 5. The fourth-order valence-corrected chi connectivity index (χ4v) is 4.51. The third kappa shape index (κ3) is 1.37. The van der Waals surface area contributed by atoms with E-state index in [4.69, 9.17) is 9.84 Å². The van der Waals surface area contributed by atoms with Crippen LogP contribution in [0.3, 0.4) is 0 Å². The van der Waals surface area contributed by atoms with Crippen molar-refractivity contribution in [1.82, 2.24) is 9.78 Å². The standard InChI is InChI=1S/C18H22N2O/c1-17(2)13-10-11-18(17,3)15-14(13)16(21-4)20(19-15)12-8-6-5-7-9-12/h5-9,13H,10-11H2,1-4H3/t13-,18+/m0/s1. The molecule has 1 aromatic carbocycles. The molecule has 0 radical (unpaired) electrons. The lowest BCUT2D eigenvalue weighted by Crippen LogP contribution is -2.32. The van der Waals surface area contributed by atoms with Crippen LogP contribution in [0.25, 0.3) is 5.69 Å². The van der Waals surface area contributed by atoms with Crippen molar-refractivity contribution in [3.63, 3.8) is 0 Å². The van der Waals surface area contributed by atoms with Gasteiger partial charge in [0.2, 0.25) is 5.88 Å². The summed E-state index contributed by atoms with van der Waals surface area (Å²) in [6.45, 7) is 7.15. The van der Waals surface area contributed by atoms with Crippen molar-refractivity contribution in [2.45, 2.75) is 44.9 Å². The molecule has 1 fully saturated rings. The van der Waals surface area contributed by atoms with E-state index in [-0.39, 0.29) is 10.8 Å². The van der Waals surface area contributed by atoms with Gasteiger partial charge in [-0.2, -0.15) is 5.10 Å². The minimum atomic E-state index is 0.167. The van der Waals surface area contributed by atoms with Gasteiger partial charge in [0, 0.05) is 11.0 Å². The third-order valence-electron chi connectivity index (χ3n) is 6.17. The minimum Gasteiger partial charge on any atom is -0.481 e. The van der Waals surface area contributed by atoms with E-state index in [1.54, 1.807) is 7.11 Å². The molecule has 21 heavy (non-hydrogen) atoms. The van der Waals surface area contributed by atoms with Gasteiger partial charge in [-0.3, -0.25) is 0 Å². The quantitative estimate of drug-likeness (QED) is 0.830. The zero-order valence-electron chi connectivity index (χ0n) is 13.2. The van der Waals surface area contributed by atoms with E-state index >= 15 is 0 Å². The lowest BCUT2D eigenvalue weighted by atomic mass is 9.70. The van der Waals surface area contributed by atoms with Crippen LogP contribution < -0.4 is 4.74 Å². The lowest BCUT2D eigenvalue weighted by Gasteiger charge is -2.34. The zero-order valence-corrected chi connectivity index (χ0v) is 13.2. The summed E-state index contributed by atoms with van der Waals surface area (Å²) in [5.74, 6) is 1.49. The highest BCUT2D eigenvalue weighted by Gasteiger charge is 2.62. The number of hydrogen-bond acceptors (Lipinski definition) is 2. The number of rotatable bonds is 2. The molecular weight excluding hydrogens is 260 g/mol. The fraction of sp³-hybridized carbons (Fsp3) is 0.500. The first kappa shape index (κ1) is 12.9. The monoisotopic (exact) mass is 282 g/mol. The molecule has 1 aromatic heterocycles. The molecule has 1 heterocycles. The second-order valence-corrected chi connectivity index (χ2v) is 7.16. The van der Waals surface area contributed by atoms with E-state index in [9.17, 15) is 0 Å². The molecule has 0 spiro atoms. The molecule has 0 N–H and O–H groups in total. The van der Waals surface area contributed by atoms with E-state index in [0.717, 1.165) is 11.6 Å². The van der Waals surface area contributed by atoms with Gasteiger partial charge < -0.3 is 4.74 Å². The topological polar surface area (TPSA) is 27.1 Å². The number of ether oxygens (including phenoxy) is 1. The molecule has 1 saturated carbocycles. The Kier molecular flexibility index (Phi) is 2.40. The van der Waals surface area contributed by atoms with Gasteiger partial charge in [-0.25, -0.2) is 4.68 Å². The van der Waals surface area contributed by atoms with Gasteiger partial charge in [0.25, 0.3) is 0 Å². The van der Waals surface area contributed by atoms with E-state index in [0.29, 0.717) is 5.92 Å². The van der Waals surface area contributed by atoms with Gasteiger partial charge >= 0.3 is 0 Å². The maximum atomic E-state index is 5.77. The fourth-order valence-electron chi connectivity index (χ4n) is 4.51. The molecule has 0 saturated heterocycles. The molecule has 2 atom stereocenters. The van der Waals surface area contributed by atoms with Gasteiger partial charge in [-0.05, 0) is 36.3 Å². The number of nitrogens with zero attached hydrogens (tertiary/aromatic N) is 2. The molecule has 3 nitrogen and oxygen atoms in total. The van der Waals surface area contributed by atoms with Crippen molar-refractivity contribution in [2.24, 2.45) is 5.41 Å². The van der Waals surface area contributed by atoms with Crippen molar-refractivity contribution < 1.29 is 4.74 Å². The van der Waals surface area contributed by atoms with Gasteiger partial charge in [-0.15, -0.1) is 0 Å². The summed E-state index contributed by atoms with van der Waals surface area (Å²) in [5, 5.41) is 4.97. The maximum Gasteiger partial charge on any atom is 0.220 e. The summed E-state index contributed by atoms with van der Waals surface area (Å²) < 4.78 is 7.76. The predicted octanol–water partition coefficient (Wildman–Crippen LogP) is 4.06. The Hall–Kier alpha value is -1.77. The number of benzene rings is 1. The van der Waals surface area contributed by atoms with Crippen molar-refractivity contribution in [1.29, 1.82) is 0 Å². The minimum absolute atomic E-state index is 0.167. The van der Waals surface area contributed by atoms with Crippen LogP contribution >= 0.6 is 0 Å². The van der Waals surface area contributed by atoms with Crippen molar-refractivity contribution >= 4 is 0 Å². The first-order valence-electron chi connectivity index (χ1n) is 7.73. The first-order chi connectivity index (χ1) is 10.0. The first-order valence-corrected chi connectivity index (χ1v) is 7.73. The summed E-state index contributed by atoms with van der Waals surface area (Å²) in [7, 11) is 1.76. The van der Waals surface area contributed by atoms with Gasteiger partial charge in [0.1, 0.15) is 0 Å². The number of methoxy groups -OCH3 is 1. The molecule has 0 aliphatic heterocycles. The highest BCUT2D eigenvalue weighted by Crippen LogP contribution is 2.69. The van der Waals surface area contributed by atoms with Gasteiger partial charge in [-0.1, -0.05) is 39.0 Å². The average molecular weight is 282 g/mol. The molecule has 2 aromatic rings. The van der Waals surface area contributed by atoms with Crippen LogP contribution in [-0.4, -0.2) is 16.9 Å². The second kappa shape index (κ2) is 3.90. The summed E-state index contributed by atoms with van der Waals surface area (Å²) in [4.78, 5) is 0. The van der Waals surface area contributed by atoms with Crippen LogP contribution in [0.5, 0.6) is 5.88 Å². The Morgan fingerprint density at radius 2 is 1.90 bits per heavy atom. The molecule has 0 unspecified atom stereocenters. The summed E-state index contributed by atoms with van der Waals surface area (Å²) in [6, 6.07) is 10.3. The van der Waals surface area contributed by atoms with Crippen LogP contribution in [-0.2, 0) is 5.41 Å². The summed E-state index contributed by atoms with van der Waals surface area (Å²) in [5.41, 5.74) is 4.11. The molecule has 110 valence electrons. The lowest BCUT2D eigenvalue weighted by molar-refractivity contribution is 0.222. The van der Waals surface area contributed by atoms with Gasteiger partial charge in [0.15, 0.2) is 0 Å². The van der Waals surface area contributed by atoms with Crippen molar-refractivity contribution in [2.75, 3.05) is 7.11 Å². The van der Waals surface area contributed by atoms with Crippen LogP contribution in [0.4, 0.5) is 0 Å². The van der Waals surface area contributed by atoms with E-state index in [2.05, 4.69) is 32.9 Å². The largest absolute Gasteiger partial charge is 0.481 e. The summed E-state index contributed by atoms with van der Waals surface area (Å²) in [6.07, 6.45) is 2.47. The normalized spacial score (nSPS) is 28.7. The Balaban J connectivity index is 1.96. The predicted molar refractivity (Wildman–Crippen MR) is 83.2 cm³/mol. The van der Waals surface area contributed by atoms with E-state index in [1.165, 1.54) is 24.1 Å². The second-order valence-electron chi connectivity index (χ2n) is 7.16. The van der Waals surface area contributed by atoms with Crippen LogP contribution in [0.2, 0.25) is 0 Å².